The summed E-state index contributed by atoms with van der Waals surface area (Å²) in [6.07, 6.45) is 9.39. The monoisotopic (exact) mass is 391 g/mol. The fraction of sp³-hybridized carbons (Fsp3) is 0.400. The van der Waals surface area contributed by atoms with Crippen molar-refractivity contribution in [2.45, 2.75) is 39.5 Å². The molecule has 0 bridgehead atoms. The summed E-state index contributed by atoms with van der Waals surface area (Å²) in [4.78, 5) is 3.80. The molecule has 0 aliphatic rings. The second kappa shape index (κ2) is 9.94. The van der Waals surface area contributed by atoms with Crippen molar-refractivity contribution < 1.29 is 0 Å². The van der Waals surface area contributed by atoms with Crippen LogP contribution in [0.1, 0.15) is 50.0 Å². The van der Waals surface area contributed by atoms with Gasteiger partial charge in [-0.15, -0.1) is 11.3 Å². The Kier molecular flexibility index (Phi) is 7.90. The molecule has 0 atom stereocenters. The lowest BCUT2D eigenvalue weighted by atomic mass is 10.1. The lowest BCUT2D eigenvalue weighted by Crippen LogP contribution is -2.25. The second-order valence-electron chi connectivity index (χ2n) is 5.76. The maximum Gasteiger partial charge on any atom is 0.0704 e. The van der Waals surface area contributed by atoms with Gasteiger partial charge in [-0.1, -0.05) is 44.9 Å². The minimum atomic E-state index is 1.16. The molecule has 3 heteroatoms. The maximum absolute atomic E-state index is 3.50. The van der Waals surface area contributed by atoms with Crippen LogP contribution in [0.25, 0.3) is 12.2 Å². The SMILES string of the molecule is CCCCN(CCCC)c1ccc(/C=C/c2ccc(Br)s2)cc1. The van der Waals surface area contributed by atoms with Crippen molar-refractivity contribution in [2.24, 2.45) is 0 Å². The molecule has 124 valence electrons. The van der Waals surface area contributed by atoms with Gasteiger partial charge < -0.3 is 4.90 Å². The first-order valence-electron chi connectivity index (χ1n) is 8.51. The highest BCUT2D eigenvalue weighted by Gasteiger charge is 2.05. The van der Waals surface area contributed by atoms with E-state index in [1.54, 1.807) is 11.3 Å². The van der Waals surface area contributed by atoms with E-state index in [1.165, 1.54) is 45.6 Å². The molecule has 2 aromatic rings. The number of nitrogens with zero attached hydrogens (tertiary/aromatic N) is 1. The van der Waals surface area contributed by atoms with Crippen LogP contribution >= 0.6 is 27.3 Å². The summed E-state index contributed by atoms with van der Waals surface area (Å²) in [5.41, 5.74) is 2.60. The molecule has 1 heterocycles. The number of halogens is 1. The number of anilines is 1. The van der Waals surface area contributed by atoms with E-state index in [1.807, 2.05) is 0 Å². The Morgan fingerprint density at radius 2 is 1.57 bits per heavy atom. The molecule has 0 spiro atoms. The molecule has 1 aromatic carbocycles. The first-order chi connectivity index (χ1) is 11.2. The maximum atomic E-state index is 3.50. The van der Waals surface area contributed by atoms with Gasteiger partial charge in [0.1, 0.15) is 0 Å². The van der Waals surface area contributed by atoms with Gasteiger partial charge in [-0.05, 0) is 64.7 Å². The molecule has 0 amide bonds. The number of unbranched alkanes of at least 4 members (excludes halogenated alkanes) is 2. The van der Waals surface area contributed by atoms with Gasteiger partial charge in [-0.2, -0.15) is 0 Å². The molecule has 1 aromatic heterocycles. The average molecular weight is 392 g/mol. The molecule has 0 radical (unpaired) electrons. The van der Waals surface area contributed by atoms with E-state index in [2.05, 4.69) is 83.2 Å². The van der Waals surface area contributed by atoms with Crippen LogP contribution in [-0.2, 0) is 0 Å². The van der Waals surface area contributed by atoms with Crippen molar-refractivity contribution in [1.82, 2.24) is 0 Å². The van der Waals surface area contributed by atoms with Crippen LogP contribution in [0.15, 0.2) is 40.2 Å². The van der Waals surface area contributed by atoms with Gasteiger partial charge in [0, 0.05) is 23.7 Å². The third-order valence-electron chi connectivity index (χ3n) is 3.86. The molecule has 0 aliphatic carbocycles. The Bertz CT molecular complexity index is 592. The first-order valence-corrected chi connectivity index (χ1v) is 10.1. The highest BCUT2D eigenvalue weighted by Crippen LogP contribution is 2.24. The summed E-state index contributed by atoms with van der Waals surface area (Å²) >= 11 is 5.26. The highest BCUT2D eigenvalue weighted by atomic mass is 79.9. The normalized spacial score (nSPS) is 11.3. The Hall–Kier alpha value is -1.06. The molecule has 0 aliphatic heterocycles. The predicted octanol–water partition coefficient (Wildman–Crippen LogP) is 7.09. The molecule has 0 saturated carbocycles. The standard InChI is InChI=1S/C20H26BrNS/c1-3-5-15-22(16-6-4-2)18-10-7-17(8-11-18)9-12-19-13-14-20(21)23-19/h7-14H,3-6,15-16H2,1-2H3/b12-9+. The smallest absolute Gasteiger partial charge is 0.0704 e. The third kappa shape index (κ3) is 6.15. The molecular weight excluding hydrogens is 366 g/mol. The molecule has 23 heavy (non-hydrogen) atoms. The van der Waals surface area contributed by atoms with Crippen molar-refractivity contribution in [3.63, 3.8) is 0 Å². The van der Waals surface area contributed by atoms with E-state index in [-0.39, 0.29) is 0 Å². The minimum Gasteiger partial charge on any atom is -0.372 e. The Balaban J connectivity index is 2.02. The van der Waals surface area contributed by atoms with Crippen LogP contribution in [0, 0.1) is 0 Å². The zero-order valence-electron chi connectivity index (χ0n) is 14.1. The highest BCUT2D eigenvalue weighted by molar-refractivity contribution is 9.11. The van der Waals surface area contributed by atoms with Gasteiger partial charge in [0.25, 0.3) is 0 Å². The van der Waals surface area contributed by atoms with E-state index >= 15 is 0 Å². The zero-order valence-corrected chi connectivity index (χ0v) is 16.5. The van der Waals surface area contributed by atoms with E-state index < -0.39 is 0 Å². The minimum absolute atomic E-state index is 1.16. The van der Waals surface area contributed by atoms with E-state index in [0.29, 0.717) is 0 Å². The number of rotatable bonds is 9. The van der Waals surface area contributed by atoms with Crippen molar-refractivity contribution >= 4 is 45.1 Å². The van der Waals surface area contributed by atoms with Crippen molar-refractivity contribution in [3.8, 4) is 0 Å². The van der Waals surface area contributed by atoms with Gasteiger partial charge >= 0.3 is 0 Å². The van der Waals surface area contributed by atoms with Gasteiger partial charge in [-0.3, -0.25) is 0 Å². The summed E-state index contributed by atoms with van der Waals surface area (Å²) in [6.45, 7) is 6.84. The second-order valence-corrected chi connectivity index (χ2v) is 8.26. The average Bonchev–Trinajstić information content (AvgIpc) is 2.99. The number of hydrogen-bond donors (Lipinski definition) is 0. The van der Waals surface area contributed by atoms with Crippen LogP contribution in [0.3, 0.4) is 0 Å². The third-order valence-corrected chi connectivity index (χ3v) is 5.44. The summed E-state index contributed by atoms with van der Waals surface area (Å²) < 4.78 is 1.18. The van der Waals surface area contributed by atoms with E-state index in [0.717, 1.165) is 13.1 Å². The van der Waals surface area contributed by atoms with Gasteiger partial charge in [-0.25, -0.2) is 0 Å². The van der Waals surface area contributed by atoms with Crippen LogP contribution in [0.4, 0.5) is 5.69 Å². The van der Waals surface area contributed by atoms with Crippen LogP contribution in [0.5, 0.6) is 0 Å². The van der Waals surface area contributed by atoms with Crippen molar-refractivity contribution in [3.05, 3.63) is 50.6 Å². The first kappa shape index (κ1) is 18.3. The zero-order chi connectivity index (χ0) is 16.5. The molecule has 0 N–H and O–H groups in total. The molecule has 0 unspecified atom stereocenters. The molecule has 0 fully saturated rings. The number of thiophene rings is 1. The summed E-state index contributed by atoms with van der Waals surface area (Å²) in [5.74, 6) is 0. The summed E-state index contributed by atoms with van der Waals surface area (Å²) in [6, 6.07) is 13.2. The Morgan fingerprint density at radius 1 is 0.913 bits per heavy atom. The van der Waals surface area contributed by atoms with Crippen LogP contribution < -0.4 is 4.90 Å². The molecule has 0 saturated heterocycles. The van der Waals surface area contributed by atoms with Gasteiger partial charge in [0.2, 0.25) is 0 Å². The Morgan fingerprint density at radius 3 is 2.09 bits per heavy atom. The van der Waals surface area contributed by atoms with Gasteiger partial charge in [0.05, 0.1) is 3.79 Å². The molecule has 1 nitrogen and oxygen atoms in total. The largest absolute Gasteiger partial charge is 0.372 e. The van der Waals surface area contributed by atoms with Crippen LogP contribution in [-0.4, -0.2) is 13.1 Å². The van der Waals surface area contributed by atoms with Crippen LogP contribution in [0.2, 0.25) is 0 Å². The lowest BCUT2D eigenvalue weighted by Gasteiger charge is -2.24. The molecular formula is C20H26BrNS. The van der Waals surface area contributed by atoms with Gasteiger partial charge in [0.15, 0.2) is 0 Å². The summed E-state index contributed by atoms with van der Waals surface area (Å²) in [5, 5.41) is 0. The summed E-state index contributed by atoms with van der Waals surface area (Å²) in [7, 11) is 0. The topological polar surface area (TPSA) is 3.24 Å². The molecule has 2 rings (SSSR count). The predicted molar refractivity (Wildman–Crippen MR) is 109 cm³/mol. The van der Waals surface area contributed by atoms with E-state index in [4.69, 9.17) is 0 Å². The number of benzene rings is 1. The van der Waals surface area contributed by atoms with Crippen molar-refractivity contribution in [2.75, 3.05) is 18.0 Å². The fourth-order valence-electron chi connectivity index (χ4n) is 2.46. The lowest BCUT2D eigenvalue weighted by molar-refractivity contribution is 0.678. The Labute approximate surface area is 153 Å². The number of hydrogen-bond acceptors (Lipinski definition) is 2. The van der Waals surface area contributed by atoms with Crippen molar-refractivity contribution in [1.29, 1.82) is 0 Å². The quantitative estimate of drug-likeness (QED) is 0.440. The fourth-order valence-corrected chi connectivity index (χ4v) is 3.79. The van der Waals surface area contributed by atoms with E-state index in [9.17, 15) is 0 Å².